The van der Waals surface area contributed by atoms with Crippen LogP contribution in [0.15, 0.2) is 58.5 Å². The van der Waals surface area contributed by atoms with Gasteiger partial charge in [-0.3, -0.25) is 9.59 Å². The highest BCUT2D eigenvalue weighted by molar-refractivity contribution is 7.13. The number of benzene rings is 1. The van der Waals surface area contributed by atoms with E-state index in [9.17, 15) is 14.4 Å². The number of carbonyl (C=O) groups excluding carboxylic acids is 3. The van der Waals surface area contributed by atoms with Gasteiger partial charge in [0, 0.05) is 25.9 Å². The van der Waals surface area contributed by atoms with E-state index in [0.717, 1.165) is 4.88 Å². The minimum absolute atomic E-state index is 0.159. The zero-order chi connectivity index (χ0) is 27.8. The van der Waals surface area contributed by atoms with Gasteiger partial charge in [0.25, 0.3) is 11.8 Å². The van der Waals surface area contributed by atoms with Crippen LogP contribution in [0.3, 0.4) is 0 Å². The van der Waals surface area contributed by atoms with Crippen LogP contribution in [0, 0.1) is 0 Å². The predicted molar refractivity (Wildman–Crippen MR) is 141 cm³/mol. The van der Waals surface area contributed by atoms with E-state index in [4.69, 9.17) is 9.15 Å². The molecule has 1 saturated heterocycles. The number of morpholine rings is 1. The van der Waals surface area contributed by atoms with Crippen molar-refractivity contribution in [3.05, 3.63) is 65.5 Å². The maximum absolute atomic E-state index is 15.1. The number of amides is 3. The Hall–Kier alpha value is -3.64. The van der Waals surface area contributed by atoms with Gasteiger partial charge in [-0.25, -0.2) is 18.6 Å². The SMILES string of the molecule is CCC(NC(=O)C(CC(F)(F)Cc1ccccc1)NC(=O)N1CCOCC1)C(=O)c1ncc(-c2cccs2)o1. The molecule has 2 unspecified atom stereocenters. The van der Waals surface area contributed by atoms with E-state index in [-0.39, 0.29) is 25.4 Å². The Morgan fingerprint density at radius 3 is 2.49 bits per heavy atom. The van der Waals surface area contributed by atoms with Crippen LogP contribution in [0.2, 0.25) is 0 Å². The number of ketones is 1. The number of hydrogen-bond donors (Lipinski definition) is 2. The molecule has 2 aromatic heterocycles. The van der Waals surface area contributed by atoms with Crippen LogP contribution < -0.4 is 10.6 Å². The van der Waals surface area contributed by atoms with Gasteiger partial charge in [-0.2, -0.15) is 0 Å². The summed E-state index contributed by atoms with van der Waals surface area (Å²) in [5.74, 6) is -4.59. The Labute approximate surface area is 228 Å². The Morgan fingerprint density at radius 2 is 1.82 bits per heavy atom. The first-order valence-electron chi connectivity index (χ1n) is 12.6. The van der Waals surface area contributed by atoms with Gasteiger partial charge in [0.1, 0.15) is 6.04 Å². The lowest BCUT2D eigenvalue weighted by Gasteiger charge is -2.30. The fourth-order valence-corrected chi connectivity index (χ4v) is 4.85. The van der Waals surface area contributed by atoms with Gasteiger partial charge in [0.2, 0.25) is 11.7 Å². The summed E-state index contributed by atoms with van der Waals surface area (Å²) in [6, 6.07) is 8.49. The van der Waals surface area contributed by atoms with Crippen LogP contribution in [0.4, 0.5) is 13.6 Å². The summed E-state index contributed by atoms with van der Waals surface area (Å²) in [7, 11) is 0. The lowest BCUT2D eigenvalue weighted by atomic mass is 9.99. The van der Waals surface area contributed by atoms with Gasteiger partial charge < -0.3 is 24.7 Å². The predicted octanol–water partition coefficient (Wildman–Crippen LogP) is 4.16. The monoisotopic (exact) mass is 560 g/mol. The minimum Gasteiger partial charge on any atom is -0.433 e. The molecule has 2 N–H and O–H groups in total. The van der Waals surface area contributed by atoms with E-state index in [2.05, 4.69) is 15.6 Å². The van der Waals surface area contributed by atoms with Gasteiger partial charge >= 0.3 is 6.03 Å². The van der Waals surface area contributed by atoms with Crippen molar-refractivity contribution in [2.24, 2.45) is 0 Å². The lowest BCUT2D eigenvalue weighted by Crippen LogP contribution is -2.56. The second-order valence-electron chi connectivity index (χ2n) is 9.16. The van der Waals surface area contributed by atoms with E-state index in [1.165, 1.54) is 22.4 Å². The lowest BCUT2D eigenvalue weighted by molar-refractivity contribution is -0.126. The molecule has 1 aromatic carbocycles. The number of halogens is 2. The summed E-state index contributed by atoms with van der Waals surface area (Å²) in [5.41, 5.74) is 0.396. The third kappa shape index (κ3) is 7.70. The fourth-order valence-electron chi connectivity index (χ4n) is 4.18. The summed E-state index contributed by atoms with van der Waals surface area (Å²) in [6.45, 7) is 2.83. The molecule has 2 atom stereocenters. The molecule has 12 heteroatoms. The Morgan fingerprint density at radius 1 is 1.08 bits per heavy atom. The number of hydrogen-bond acceptors (Lipinski definition) is 7. The highest BCUT2D eigenvalue weighted by Gasteiger charge is 2.38. The molecule has 0 aliphatic carbocycles. The molecule has 39 heavy (non-hydrogen) atoms. The smallest absolute Gasteiger partial charge is 0.318 e. The zero-order valence-electron chi connectivity index (χ0n) is 21.4. The number of nitrogens with one attached hydrogen (secondary N) is 2. The molecule has 3 aromatic rings. The van der Waals surface area contributed by atoms with Crippen molar-refractivity contribution in [3.8, 4) is 10.6 Å². The van der Waals surface area contributed by atoms with Gasteiger partial charge in [0.05, 0.1) is 30.3 Å². The highest BCUT2D eigenvalue weighted by atomic mass is 32.1. The van der Waals surface area contributed by atoms with Crippen LogP contribution in [-0.4, -0.2) is 71.9 Å². The summed E-state index contributed by atoms with van der Waals surface area (Å²) < 4.78 is 41.1. The average Bonchev–Trinajstić information content (AvgIpc) is 3.64. The summed E-state index contributed by atoms with van der Waals surface area (Å²) in [4.78, 5) is 45.4. The van der Waals surface area contributed by atoms with Crippen LogP contribution >= 0.6 is 11.3 Å². The second-order valence-corrected chi connectivity index (χ2v) is 10.1. The van der Waals surface area contributed by atoms with Crippen molar-refractivity contribution in [1.29, 1.82) is 0 Å². The largest absolute Gasteiger partial charge is 0.433 e. The molecular formula is C27H30F2N4O5S. The molecule has 0 spiro atoms. The summed E-state index contributed by atoms with van der Waals surface area (Å²) >= 11 is 1.41. The maximum atomic E-state index is 15.1. The molecule has 0 saturated carbocycles. The molecule has 208 valence electrons. The van der Waals surface area contributed by atoms with Crippen LogP contribution in [0.5, 0.6) is 0 Å². The zero-order valence-corrected chi connectivity index (χ0v) is 22.2. The minimum atomic E-state index is -3.31. The highest BCUT2D eigenvalue weighted by Crippen LogP contribution is 2.27. The topological polar surface area (TPSA) is 114 Å². The van der Waals surface area contributed by atoms with Gasteiger partial charge in [-0.1, -0.05) is 43.3 Å². The Kier molecular flexibility index (Phi) is 9.41. The van der Waals surface area contributed by atoms with Gasteiger partial charge in [-0.05, 0) is 23.4 Å². The number of thiophene rings is 1. The maximum Gasteiger partial charge on any atom is 0.318 e. The standard InChI is InChI=1S/C27H30F2N4O5S/c1-2-19(23(34)25-30-17-21(38-25)22-9-6-14-39-22)31-24(35)20(32-26(36)33-10-12-37-13-11-33)16-27(28,29)15-18-7-4-3-5-8-18/h3-9,14,17,19-20H,2,10-13,15-16H2,1H3,(H,31,35)(H,32,36). The van der Waals surface area contributed by atoms with Gasteiger partial charge in [-0.15, -0.1) is 11.3 Å². The third-order valence-corrected chi connectivity index (χ3v) is 7.13. The number of carbonyl (C=O) groups is 3. The van der Waals surface area contributed by atoms with E-state index < -0.39 is 48.6 Å². The number of Topliss-reactive ketones (excluding diaryl/α,β-unsaturated/α-hetero) is 1. The number of alkyl halides is 2. The summed E-state index contributed by atoms with van der Waals surface area (Å²) in [6.07, 6.45) is 0.0217. The first kappa shape index (κ1) is 28.4. The van der Waals surface area contributed by atoms with Crippen LogP contribution in [0.25, 0.3) is 10.6 Å². The normalized spacial score (nSPS) is 15.4. The van der Waals surface area contributed by atoms with Gasteiger partial charge in [0.15, 0.2) is 5.76 Å². The fraction of sp³-hybridized carbons (Fsp3) is 0.407. The van der Waals surface area contributed by atoms with E-state index in [1.54, 1.807) is 37.3 Å². The van der Waals surface area contributed by atoms with Crippen molar-refractivity contribution >= 4 is 29.1 Å². The van der Waals surface area contributed by atoms with Crippen molar-refractivity contribution in [2.75, 3.05) is 26.3 Å². The molecule has 3 amide bonds. The van der Waals surface area contributed by atoms with E-state index in [1.807, 2.05) is 17.5 Å². The summed E-state index contributed by atoms with van der Waals surface area (Å²) in [5, 5.41) is 6.83. The Bertz CT molecular complexity index is 1250. The molecule has 1 aliphatic heterocycles. The first-order chi connectivity index (χ1) is 18.8. The first-order valence-corrected chi connectivity index (χ1v) is 13.5. The molecule has 0 bridgehead atoms. The second kappa shape index (κ2) is 12.9. The van der Waals surface area contributed by atoms with Crippen LogP contribution in [0.1, 0.15) is 36.0 Å². The molecule has 1 aliphatic rings. The molecule has 9 nitrogen and oxygen atoms in total. The molecule has 4 rings (SSSR count). The molecule has 1 fully saturated rings. The van der Waals surface area contributed by atoms with E-state index in [0.29, 0.717) is 24.5 Å². The van der Waals surface area contributed by atoms with Crippen molar-refractivity contribution in [2.45, 2.75) is 44.2 Å². The number of rotatable bonds is 11. The molecule has 3 heterocycles. The van der Waals surface area contributed by atoms with Crippen LogP contribution in [-0.2, 0) is 16.0 Å². The Balaban J connectivity index is 1.48. The number of aromatic nitrogens is 1. The average molecular weight is 561 g/mol. The third-order valence-electron chi connectivity index (χ3n) is 6.24. The molecule has 0 radical (unpaired) electrons. The van der Waals surface area contributed by atoms with E-state index >= 15 is 8.78 Å². The van der Waals surface area contributed by atoms with Crippen molar-refractivity contribution in [3.63, 3.8) is 0 Å². The quantitative estimate of drug-likeness (QED) is 0.341. The number of ether oxygens (including phenoxy) is 1. The number of nitrogens with zero attached hydrogens (tertiary/aromatic N) is 2. The molecular weight excluding hydrogens is 530 g/mol. The van der Waals surface area contributed by atoms with Crippen molar-refractivity contribution < 1.29 is 32.3 Å². The van der Waals surface area contributed by atoms with Crippen molar-refractivity contribution in [1.82, 2.24) is 20.5 Å². The number of urea groups is 1. The number of oxazole rings is 1.